The third-order valence-corrected chi connectivity index (χ3v) is 5.57. The van der Waals surface area contributed by atoms with Gasteiger partial charge in [0, 0.05) is 12.1 Å². The number of amides is 1. The lowest BCUT2D eigenvalue weighted by Crippen LogP contribution is -2.31. The molecule has 0 spiro atoms. The van der Waals surface area contributed by atoms with Gasteiger partial charge in [-0.15, -0.1) is 0 Å². The zero-order valence-electron chi connectivity index (χ0n) is 12.5. The average molecular weight is 344 g/mol. The molecule has 0 saturated carbocycles. The molecule has 0 bridgehead atoms. The van der Waals surface area contributed by atoms with E-state index < -0.39 is 20.9 Å². The highest BCUT2D eigenvalue weighted by Gasteiger charge is 2.42. The fourth-order valence-corrected chi connectivity index (χ4v) is 3.97. The van der Waals surface area contributed by atoms with Gasteiger partial charge >= 0.3 is 0 Å². The summed E-state index contributed by atoms with van der Waals surface area (Å²) in [5.74, 6) is -0.674. The van der Waals surface area contributed by atoms with E-state index in [0.29, 0.717) is 9.87 Å². The molecule has 0 fully saturated rings. The van der Waals surface area contributed by atoms with Crippen LogP contribution in [-0.4, -0.2) is 19.2 Å². The van der Waals surface area contributed by atoms with Gasteiger partial charge in [-0.3, -0.25) is 14.9 Å². The molecule has 1 amide bonds. The Kier molecular flexibility index (Phi) is 3.69. The van der Waals surface area contributed by atoms with E-state index in [1.54, 1.807) is 30.3 Å². The highest BCUT2D eigenvalue weighted by molar-refractivity contribution is 7.98. The number of hydrogen-bond acceptors (Lipinski definition) is 5. The predicted molar refractivity (Wildman–Crippen MR) is 88.5 cm³/mol. The van der Waals surface area contributed by atoms with Crippen molar-refractivity contribution in [1.29, 1.82) is 0 Å². The first-order valence-corrected chi connectivity index (χ1v) is 8.38. The van der Waals surface area contributed by atoms with E-state index in [9.17, 15) is 23.3 Å². The van der Waals surface area contributed by atoms with Crippen molar-refractivity contribution in [2.75, 3.05) is 4.31 Å². The SMILES string of the molecule is CC1=C(c2ccccc2)C(=O)N(c2ccc([N+](=O)[O-])cc2)S1(=O)=O. The minimum atomic E-state index is -4.00. The number of non-ortho nitro benzene ring substituents is 1. The third kappa shape index (κ3) is 2.37. The van der Waals surface area contributed by atoms with E-state index in [1.807, 2.05) is 0 Å². The third-order valence-electron chi connectivity index (χ3n) is 3.74. The van der Waals surface area contributed by atoms with Crippen molar-refractivity contribution in [2.45, 2.75) is 6.92 Å². The molecule has 2 aromatic carbocycles. The number of nitro groups is 1. The first-order chi connectivity index (χ1) is 11.3. The number of nitrogens with zero attached hydrogens (tertiary/aromatic N) is 2. The van der Waals surface area contributed by atoms with Gasteiger partial charge in [-0.05, 0) is 24.6 Å². The summed E-state index contributed by atoms with van der Waals surface area (Å²) < 4.78 is 25.9. The van der Waals surface area contributed by atoms with Gasteiger partial charge in [0.2, 0.25) is 0 Å². The fraction of sp³-hybridized carbons (Fsp3) is 0.0625. The van der Waals surface area contributed by atoms with E-state index >= 15 is 0 Å². The highest BCUT2D eigenvalue weighted by atomic mass is 32.2. The molecule has 1 aliphatic heterocycles. The van der Waals surface area contributed by atoms with Crippen molar-refractivity contribution in [1.82, 2.24) is 0 Å². The van der Waals surface area contributed by atoms with Gasteiger partial charge in [-0.25, -0.2) is 8.42 Å². The molecule has 0 saturated heterocycles. The Bertz CT molecular complexity index is 963. The monoisotopic (exact) mass is 344 g/mol. The predicted octanol–water partition coefficient (Wildman–Crippen LogP) is 2.70. The van der Waals surface area contributed by atoms with Crippen LogP contribution in [0.5, 0.6) is 0 Å². The van der Waals surface area contributed by atoms with E-state index in [2.05, 4.69) is 0 Å². The Labute approximate surface area is 138 Å². The molecule has 0 unspecified atom stereocenters. The smallest absolute Gasteiger partial charge is 0.268 e. The molecule has 0 aromatic heterocycles. The minimum absolute atomic E-state index is 0.0444. The second-order valence-electron chi connectivity index (χ2n) is 5.15. The Hall–Kier alpha value is -3.00. The molecule has 24 heavy (non-hydrogen) atoms. The summed E-state index contributed by atoms with van der Waals surface area (Å²) in [4.78, 5) is 22.8. The molecule has 0 atom stereocenters. The first-order valence-electron chi connectivity index (χ1n) is 6.94. The number of anilines is 1. The van der Waals surface area contributed by atoms with Gasteiger partial charge < -0.3 is 0 Å². The normalized spacial score (nSPS) is 16.5. The molecule has 122 valence electrons. The van der Waals surface area contributed by atoms with Crippen LogP contribution >= 0.6 is 0 Å². The highest BCUT2D eigenvalue weighted by Crippen LogP contribution is 2.37. The number of nitro benzene ring substituents is 1. The molecular weight excluding hydrogens is 332 g/mol. The Morgan fingerprint density at radius 2 is 1.58 bits per heavy atom. The van der Waals surface area contributed by atoms with E-state index in [4.69, 9.17) is 0 Å². The van der Waals surface area contributed by atoms with E-state index in [0.717, 1.165) is 12.1 Å². The van der Waals surface area contributed by atoms with Gasteiger partial charge in [0.25, 0.3) is 21.6 Å². The van der Waals surface area contributed by atoms with Gasteiger partial charge in [0.1, 0.15) is 0 Å². The Balaban J connectivity index is 2.09. The summed E-state index contributed by atoms with van der Waals surface area (Å²) in [6.45, 7) is 1.38. The molecule has 1 aliphatic rings. The maximum Gasteiger partial charge on any atom is 0.273 e. The second-order valence-corrected chi connectivity index (χ2v) is 7.07. The van der Waals surface area contributed by atoms with E-state index in [-0.39, 0.29) is 21.9 Å². The zero-order chi connectivity index (χ0) is 17.5. The fourth-order valence-electron chi connectivity index (χ4n) is 2.52. The van der Waals surface area contributed by atoms with Crippen LogP contribution in [0.4, 0.5) is 11.4 Å². The van der Waals surface area contributed by atoms with Crippen LogP contribution in [0.2, 0.25) is 0 Å². The number of carbonyl (C=O) groups is 1. The van der Waals surface area contributed by atoms with Gasteiger partial charge in [-0.2, -0.15) is 4.31 Å². The summed E-state index contributed by atoms with van der Waals surface area (Å²) in [7, 11) is -4.00. The molecule has 7 nitrogen and oxygen atoms in total. The summed E-state index contributed by atoms with van der Waals surface area (Å²) in [6, 6.07) is 13.3. The van der Waals surface area contributed by atoms with Gasteiger partial charge in [0.15, 0.2) is 0 Å². The molecule has 0 N–H and O–H groups in total. The zero-order valence-corrected chi connectivity index (χ0v) is 13.4. The molecule has 2 aromatic rings. The van der Waals surface area contributed by atoms with E-state index in [1.165, 1.54) is 19.1 Å². The van der Waals surface area contributed by atoms with Crippen LogP contribution in [0.15, 0.2) is 59.5 Å². The van der Waals surface area contributed by atoms with Crippen LogP contribution in [0.1, 0.15) is 12.5 Å². The van der Waals surface area contributed by atoms with Crippen LogP contribution < -0.4 is 4.31 Å². The van der Waals surface area contributed by atoms with Crippen LogP contribution in [0.3, 0.4) is 0 Å². The minimum Gasteiger partial charge on any atom is -0.268 e. The van der Waals surface area contributed by atoms with Crippen molar-refractivity contribution in [2.24, 2.45) is 0 Å². The Morgan fingerprint density at radius 3 is 2.12 bits per heavy atom. The molecular formula is C16H12N2O5S. The number of rotatable bonds is 3. The van der Waals surface area contributed by atoms with Crippen molar-refractivity contribution in [3.8, 4) is 0 Å². The summed E-state index contributed by atoms with van der Waals surface area (Å²) >= 11 is 0. The maximum atomic E-state index is 12.7. The van der Waals surface area contributed by atoms with Crippen molar-refractivity contribution < 1.29 is 18.1 Å². The average Bonchev–Trinajstić information content (AvgIpc) is 2.73. The first kappa shape index (κ1) is 15.9. The number of carbonyl (C=O) groups excluding carboxylic acids is 1. The lowest BCUT2D eigenvalue weighted by molar-refractivity contribution is -0.384. The summed E-state index contributed by atoms with van der Waals surface area (Å²) in [5, 5.41) is 10.7. The standard InChI is InChI=1S/C16H12N2O5S/c1-11-15(12-5-3-2-4-6-12)16(19)17(24(11,22)23)13-7-9-14(10-8-13)18(20)21/h2-10H,1H3. The maximum absolute atomic E-state index is 12.7. The molecule has 1 heterocycles. The number of hydrogen-bond donors (Lipinski definition) is 0. The second kappa shape index (κ2) is 5.57. The quantitative estimate of drug-likeness (QED) is 0.630. The molecule has 8 heteroatoms. The van der Waals surface area contributed by atoms with Crippen LogP contribution in [0.25, 0.3) is 5.57 Å². The largest absolute Gasteiger partial charge is 0.273 e. The van der Waals surface area contributed by atoms with Crippen LogP contribution in [-0.2, 0) is 14.8 Å². The van der Waals surface area contributed by atoms with Crippen molar-refractivity contribution >= 4 is 32.9 Å². The summed E-state index contributed by atoms with van der Waals surface area (Å²) in [5.41, 5.74) is 0.494. The molecule has 0 aliphatic carbocycles. The molecule has 3 rings (SSSR count). The number of sulfonamides is 1. The number of benzene rings is 2. The molecule has 0 radical (unpaired) electrons. The van der Waals surface area contributed by atoms with Gasteiger partial charge in [0.05, 0.1) is 21.1 Å². The topological polar surface area (TPSA) is 97.6 Å². The summed E-state index contributed by atoms with van der Waals surface area (Å²) in [6.07, 6.45) is 0. The van der Waals surface area contributed by atoms with Crippen molar-refractivity contribution in [3.63, 3.8) is 0 Å². The van der Waals surface area contributed by atoms with Crippen molar-refractivity contribution in [3.05, 3.63) is 75.2 Å². The number of allylic oxidation sites excluding steroid dienone is 1. The lowest BCUT2D eigenvalue weighted by Gasteiger charge is -2.16. The van der Waals surface area contributed by atoms with Crippen LogP contribution in [0, 0.1) is 10.1 Å². The lowest BCUT2D eigenvalue weighted by atomic mass is 10.1. The van der Waals surface area contributed by atoms with Gasteiger partial charge in [-0.1, -0.05) is 30.3 Å². The Morgan fingerprint density at radius 1 is 1.00 bits per heavy atom.